The van der Waals surface area contributed by atoms with Gasteiger partial charge in [-0.3, -0.25) is 0 Å². The molecule has 1 rings (SSSR count). The molecule has 1 nitrogen and oxygen atoms in total. The molecule has 15 heavy (non-hydrogen) atoms. The molecule has 0 spiro atoms. The van der Waals surface area contributed by atoms with Crippen molar-refractivity contribution >= 4 is 12.6 Å². The number of rotatable bonds is 6. The van der Waals surface area contributed by atoms with E-state index in [1.807, 2.05) is 0 Å². The van der Waals surface area contributed by atoms with Gasteiger partial charge in [0.25, 0.3) is 0 Å². The summed E-state index contributed by atoms with van der Waals surface area (Å²) in [5.74, 6) is 0.998. The third-order valence-electron chi connectivity index (χ3n) is 2.52. The molecule has 0 fully saturated rings. The summed E-state index contributed by atoms with van der Waals surface area (Å²) in [5.41, 5.74) is 2.73. The van der Waals surface area contributed by atoms with E-state index in [1.165, 1.54) is 24.0 Å². The van der Waals surface area contributed by atoms with Gasteiger partial charge in [-0.1, -0.05) is 29.8 Å². The minimum absolute atomic E-state index is 0.998. The second-order valence-electron chi connectivity index (χ2n) is 4.15. The summed E-state index contributed by atoms with van der Waals surface area (Å²) < 4.78 is 0. The zero-order chi connectivity index (χ0) is 11.1. The summed E-state index contributed by atoms with van der Waals surface area (Å²) in [6.07, 6.45) is 2.45. The molecule has 1 aromatic rings. The molecule has 0 aliphatic carbocycles. The van der Waals surface area contributed by atoms with E-state index in [-0.39, 0.29) is 0 Å². The van der Waals surface area contributed by atoms with E-state index in [9.17, 15) is 0 Å². The van der Waals surface area contributed by atoms with Gasteiger partial charge in [0, 0.05) is 6.54 Å². The van der Waals surface area contributed by atoms with Crippen molar-refractivity contribution in [3.63, 3.8) is 0 Å². The fourth-order valence-electron chi connectivity index (χ4n) is 1.58. The number of benzene rings is 1. The van der Waals surface area contributed by atoms with Crippen LogP contribution in [0.2, 0.25) is 0 Å². The maximum absolute atomic E-state index is 4.21. The first kappa shape index (κ1) is 12.6. The molecular formula is C13H21NS. The van der Waals surface area contributed by atoms with Gasteiger partial charge in [0.05, 0.1) is 0 Å². The monoisotopic (exact) mass is 223 g/mol. The Hall–Kier alpha value is -0.470. The Labute approximate surface area is 98.9 Å². The normalized spacial score (nSPS) is 10.9. The fourth-order valence-corrected chi connectivity index (χ4v) is 1.80. The van der Waals surface area contributed by atoms with Gasteiger partial charge in [-0.15, -0.1) is 0 Å². The van der Waals surface area contributed by atoms with Gasteiger partial charge in [0.2, 0.25) is 0 Å². The Kier molecular flexibility index (Phi) is 5.81. The summed E-state index contributed by atoms with van der Waals surface area (Å²) in [4.78, 5) is 2.37. The van der Waals surface area contributed by atoms with Gasteiger partial charge in [-0.2, -0.15) is 12.6 Å². The molecule has 0 aromatic heterocycles. The van der Waals surface area contributed by atoms with Crippen LogP contribution in [0.4, 0.5) is 0 Å². The Balaban J connectivity index is 2.31. The van der Waals surface area contributed by atoms with Gasteiger partial charge in [-0.25, -0.2) is 0 Å². The summed E-state index contributed by atoms with van der Waals surface area (Å²) in [6, 6.07) is 8.78. The molecule has 0 amide bonds. The van der Waals surface area contributed by atoms with Crippen molar-refractivity contribution in [1.29, 1.82) is 0 Å². The van der Waals surface area contributed by atoms with Crippen molar-refractivity contribution in [1.82, 2.24) is 4.90 Å². The smallest absolute Gasteiger partial charge is 0.0230 e. The lowest BCUT2D eigenvalue weighted by Crippen LogP contribution is -2.19. The Morgan fingerprint density at radius 1 is 1.13 bits per heavy atom. The standard InChI is InChI=1S/C13H21NS/c1-12-5-7-13(8-6-12)11-14(2)9-3-4-10-15/h5-8,15H,3-4,9-11H2,1-2H3. The van der Waals surface area contributed by atoms with Crippen LogP contribution < -0.4 is 0 Å². The highest BCUT2D eigenvalue weighted by Crippen LogP contribution is 2.06. The molecule has 0 unspecified atom stereocenters. The van der Waals surface area contributed by atoms with E-state index < -0.39 is 0 Å². The average molecular weight is 223 g/mol. The van der Waals surface area contributed by atoms with Crippen molar-refractivity contribution in [3.05, 3.63) is 35.4 Å². The van der Waals surface area contributed by atoms with E-state index in [0.29, 0.717) is 0 Å². The first-order valence-electron chi connectivity index (χ1n) is 5.57. The quantitative estimate of drug-likeness (QED) is 0.573. The highest BCUT2D eigenvalue weighted by Gasteiger charge is 1.99. The maximum atomic E-state index is 4.21. The number of aryl methyl sites for hydroxylation is 1. The van der Waals surface area contributed by atoms with Crippen LogP contribution in [0, 0.1) is 6.92 Å². The van der Waals surface area contributed by atoms with E-state index in [4.69, 9.17) is 0 Å². The molecule has 0 aliphatic rings. The predicted octanol–water partition coefficient (Wildman–Crippen LogP) is 3.14. The highest BCUT2D eigenvalue weighted by atomic mass is 32.1. The average Bonchev–Trinajstić information content (AvgIpc) is 2.22. The van der Waals surface area contributed by atoms with Gasteiger partial charge < -0.3 is 4.90 Å². The maximum Gasteiger partial charge on any atom is 0.0230 e. The van der Waals surface area contributed by atoms with Gasteiger partial charge >= 0.3 is 0 Å². The minimum Gasteiger partial charge on any atom is -0.302 e. The summed E-state index contributed by atoms with van der Waals surface area (Å²) in [5, 5.41) is 0. The Morgan fingerprint density at radius 2 is 1.80 bits per heavy atom. The molecule has 0 bridgehead atoms. The lowest BCUT2D eigenvalue weighted by atomic mass is 10.1. The van der Waals surface area contributed by atoms with Gasteiger partial charge in [0.15, 0.2) is 0 Å². The largest absolute Gasteiger partial charge is 0.302 e. The third-order valence-corrected chi connectivity index (χ3v) is 2.84. The summed E-state index contributed by atoms with van der Waals surface area (Å²) in [6.45, 7) is 4.33. The molecule has 0 N–H and O–H groups in total. The van der Waals surface area contributed by atoms with E-state index >= 15 is 0 Å². The Morgan fingerprint density at radius 3 is 2.40 bits per heavy atom. The van der Waals surface area contributed by atoms with Crippen LogP contribution in [0.3, 0.4) is 0 Å². The molecule has 0 saturated carbocycles. The van der Waals surface area contributed by atoms with E-state index in [2.05, 4.69) is 55.8 Å². The molecule has 0 atom stereocenters. The first-order chi connectivity index (χ1) is 7.22. The molecule has 0 heterocycles. The van der Waals surface area contributed by atoms with Crippen LogP contribution in [0.15, 0.2) is 24.3 Å². The minimum atomic E-state index is 0.998. The van der Waals surface area contributed by atoms with Crippen molar-refractivity contribution in [2.24, 2.45) is 0 Å². The van der Waals surface area contributed by atoms with Gasteiger partial charge in [-0.05, 0) is 44.7 Å². The van der Waals surface area contributed by atoms with Gasteiger partial charge in [0.1, 0.15) is 0 Å². The topological polar surface area (TPSA) is 3.24 Å². The SMILES string of the molecule is Cc1ccc(CN(C)CCCCS)cc1. The number of hydrogen-bond donors (Lipinski definition) is 1. The number of unbranched alkanes of at least 4 members (excludes halogenated alkanes) is 1. The van der Waals surface area contributed by atoms with Crippen LogP contribution in [0.1, 0.15) is 24.0 Å². The molecule has 0 aliphatic heterocycles. The van der Waals surface area contributed by atoms with Crippen molar-refractivity contribution in [2.75, 3.05) is 19.3 Å². The number of thiol groups is 1. The summed E-state index contributed by atoms with van der Waals surface area (Å²) >= 11 is 4.21. The Bertz CT molecular complexity index is 268. The highest BCUT2D eigenvalue weighted by molar-refractivity contribution is 7.80. The zero-order valence-corrected chi connectivity index (χ0v) is 10.6. The third kappa shape index (κ3) is 5.24. The zero-order valence-electron chi connectivity index (χ0n) is 9.74. The second kappa shape index (κ2) is 6.91. The molecule has 0 radical (unpaired) electrons. The van der Waals surface area contributed by atoms with E-state index in [0.717, 1.165) is 18.8 Å². The number of hydrogen-bond acceptors (Lipinski definition) is 2. The lowest BCUT2D eigenvalue weighted by molar-refractivity contribution is 0.321. The van der Waals surface area contributed by atoms with Crippen molar-refractivity contribution in [3.8, 4) is 0 Å². The van der Waals surface area contributed by atoms with E-state index in [1.54, 1.807) is 0 Å². The lowest BCUT2D eigenvalue weighted by Gasteiger charge is -2.16. The molecule has 84 valence electrons. The summed E-state index contributed by atoms with van der Waals surface area (Å²) in [7, 11) is 2.18. The predicted molar refractivity (Wildman–Crippen MR) is 70.6 cm³/mol. The molecule has 0 saturated heterocycles. The van der Waals surface area contributed by atoms with Crippen molar-refractivity contribution in [2.45, 2.75) is 26.3 Å². The van der Waals surface area contributed by atoms with Crippen LogP contribution in [0.25, 0.3) is 0 Å². The first-order valence-corrected chi connectivity index (χ1v) is 6.20. The molecular weight excluding hydrogens is 202 g/mol. The van der Waals surface area contributed by atoms with Crippen LogP contribution in [0.5, 0.6) is 0 Å². The number of nitrogens with zero attached hydrogens (tertiary/aromatic N) is 1. The molecule has 1 aromatic carbocycles. The van der Waals surface area contributed by atoms with Crippen LogP contribution >= 0.6 is 12.6 Å². The van der Waals surface area contributed by atoms with Crippen LogP contribution in [-0.4, -0.2) is 24.2 Å². The second-order valence-corrected chi connectivity index (χ2v) is 4.60. The molecule has 2 heteroatoms. The fraction of sp³-hybridized carbons (Fsp3) is 0.538. The van der Waals surface area contributed by atoms with Crippen LogP contribution in [-0.2, 0) is 6.54 Å². The van der Waals surface area contributed by atoms with Crippen molar-refractivity contribution < 1.29 is 0 Å².